The summed E-state index contributed by atoms with van der Waals surface area (Å²) in [6, 6.07) is 3.02. The quantitative estimate of drug-likeness (QED) is 0.641. The highest BCUT2D eigenvalue weighted by atomic mass is 19.1. The van der Waals surface area contributed by atoms with Crippen LogP contribution in [0, 0.1) is 5.82 Å². The molecule has 0 saturated carbocycles. The lowest BCUT2D eigenvalue weighted by Gasteiger charge is -2.08. The van der Waals surface area contributed by atoms with E-state index in [0.717, 1.165) is 18.2 Å². The van der Waals surface area contributed by atoms with Gasteiger partial charge >= 0.3 is 5.97 Å². The van der Waals surface area contributed by atoms with Crippen LogP contribution >= 0.6 is 0 Å². The lowest BCUT2D eigenvalue weighted by atomic mass is 10.1. The second-order valence-corrected chi connectivity index (χ2v) is 3.38. The van der Waals surface area contributed by atoms with Crippen molar-refractivity contribution in [1.82, 2.24) is 0 Å². The molecule has 1 rings (SSSR count). The first kappa shape index (κ1) is 14.1. The van der Waals surface area contributed by atoms with Gasteiger partial charge in [0, 0.05) is 6.54 Å². The zero-order valence-electron chi connectivity index (χ0n) is 9.48. The van der Waals surface area contributed by atoms with Crippen molar-refractivity contribution in [2.75, 3.05) is 25.1 Å². The van der Waals surface area contributed by atoms with Crippen LogP contribution in [0.15, 0.2) is 18.2 Å². The van der Waals surface area contributed by atoms with Crippen LogP contribution in [0.1, 0.15) is 10.4 Å². The second kappa shape index (κ2) is 6.67. The third kappa shape index (κ3) is 4.11. The molecule has 0 aliphatic carbocycles. The number of hydrogen-bond donors (Lipinski definition) is 3. The van der Waals surface area contributed by atoms with E-state index in [9.17, 15) is 14.0 Å². The van der Waals surface area contributed by atoms with E-state index in [0.29, 0.717) is 0 Å². The van der Waals surface area contributed by atoms with Crippen LogP contribution < -0.4 is 11.1 Å². The van der Waals surface area contributed by atoms with Crippen LogP contribution in [-0.4, -0.2) is 36.7 Å². The highest BCUT2D eigenvalue weighted by Gasteiger charge is 2.13. The molecule has 4 N–H and O–H groups in total. The van der Waals surface area contributed by atoms with Crippen molar-refractivity contribution in [2.45, 2.75) is 0 Å². The first-order valence-electron chi connectivity index (χ1n) is 5.15. The lowest BCUT2D eigenvalue weighted by Crippen LogP contribution is -2.22. The highest BCUT2D eigenvalue weighted by molar-refractivity contribution is 6.00. The number of ether oxygens (including phenoxy) is 1. The fraction of sp³-hybridized carbons (Fsp3) is 0.273. The van der Waals surface area contributed by atoms with Gasteiger partial charge in [0.1, 0.15) is 12.4 Å². The van der Waals surface area contributed by atoms with Crippen molar-refractivity contribution in [1.29, 1.82) is 0 Å². The number of carbonyl (C=O) groups excluding carboxylic acids is 1. The monoisotopic (exact) mass is 256 g/mol. The molecule has 0 spiro atoms. The molecule has 1 aromatic carbocycles. The van der Waals surface area contributed by atoms with E-state index in [-0.39, 0.29) is 31.0 Å². The second-order valence-electron chi connectivity index (χ2n) is 3.38. The number of hydrogen-bond acceptors (Lipinski definition) is 4. The van der Waals surface area contributed by atoms with Gasteiger partial charge in [-0.1, -0.05) is 0 Å². The Morgan fingerprint density at radius 3 is 2.78 bits per heavy atom. The number of anilines is 1. The van der Waals surface area contributed by atoms with Crippen molar-refractivity contribution in [3.8, 4) is 0 Å². The van der Waals surface area contributed by atoms with Gasteiger partial charge in [-0.25, -0.2) is 9.18 Å². The lowest BCUT2D eigenvalue weighted by molar-refractivity contribution is -0.120. The van der Waals surface area contributed by atoms with Gasteiger partial charge in [-0.2, -0.15) is 0 Å². The zero-order chi connectivity index (χ0) is 13.5. The van der Waals surface area contributed by atoms with Crippen LogP contribution in [-0.2, 0) is 9.53 Å². The summed E-state index contributed by atoms with van der Waals surface area (Å²) in [6.07, 6.45) is 0. The summed E-state index contributed by atoms with van der Waals surface area (Å²) in [4.78, 5) is 22.2. The Bertz CT molecular complexity index is 451. The summed E-state index contributed by atoms with van der Waals surface area (Å²) < 4.78 is 17.8. The number of carboxylic acid groups (broad SMARTS) is 1. The molecule has 0 radical (unpaired) electrons. The number of rotatable bonds is 6. The number of halogens is 1. The molecule has 0 aliphatic heterocycles. The predicted molar refractivity (Wildman–Crippen MR) is 61.9 cm³/mol. The molecule has 0 heterocycles. The largest absolute Gasteiger partial charge is 0.478 e. The van der Waals surface area contributed by atoms with E-state index in [1.165, 1.54) is 0 Å². The van der Waals surface area contributed by atoms with Gasteiger partial charge in [-0.3, -0.25) is 4.79 Å². The summed E-state index contributed by atoms with van der Waals surface area (Å²) in [5.41, 5.74) is 4.87. The summed E-state index contributed by atoms with van der Waals surface area (Å²) >= 11 is 0. The Labute approximate surface area is 103 Å². The Hall–Kier alpha value is -1.99. The smallest absolute Gasteiger partial charge is 0.337 e. The van der Waals surface area contributed by atoms with Crippen LogP contribution in [0.5, 0.6) is 0 Å². The fourth-order valence-electron chi connectivity index (χ4n) is 1.24. The fourth-order valence-corrected chi connectivity index (χ4v) is 1.24. The minimum Gasteiger partial charge on any atom is -0.478 e. The summed E-state index contributed by atoms with van der Waals surface area (Å²) in [7, 11) is 0. The Balaban J connectivity index is 2.73. The SMILES string of the molecule is NCCOCC(=O)Nc1cc(F)ccc1C(=O)O. The molecule has 0 aliphatic rings. The average molecular weight is 256 g/mol. The van der Waals surface area contributed by atoms with Crippen molar-refractivity contribution in [2.24, 2.45) is 5.73 Å². The zero-order valence-corrected chi connectivity index (χ0v) is 9.48. The first-order valence-corrected chi connectivity index (χ1v) is 5.15. The van der Waals surface area contributed by atoms with Gasteiger partial charge in [-0.05, 0) is 18.2 Å². The van der Waals surface area contributed by atoms with Crippen molar-refractivity contribution < 1.29 is 23.8 Å². The van der Waals surface area contributed by atoms with Crippen LogP contribution in [0.4, 0.5) is 10.1 Å². The van der Waals surface area contributed by atoms with Gasteiger partial charge in [0.2, 0.25) is 5.91 Å². The molecule has 0 atom stereocenters. The van der Waals surface area contributed by atoms with E-state index in [4.69, 9.17) is 15.6 Å². The number of carboxylic acids is 1. The van der Waals surface area contributed by atoms with E-state index >= 15 is 0 Å². The van der Waals surface area contributed by atoms with Crippen molar-refractivity contribution >= 4 is 17.6 Å². The predicted octanol–water partition coefficient (Wildman–Crippen LogP) is 0.438. The molecule has 0 unspecified atom stereocenters. The maximum absolute atomic E-state index is 13.0. The molecular weight excluding hydrogens is 243 g/mol. The Morgan fingerprint density at radius 1 is 1.44 bits per heavy atom. The normalized spacial score (nSPS) is 10.1. The number of nitrogens with two attached hydrogens (primary N) is 1. The molecule has 0 bridgehead atoms. The maximum Gasteiger partial charge on any atom is 0.337 e. The number of aromatic carboxylic acids is 1. The molecule has 0 saturated heterocycles. The standard InChI is InChI=1S/C11H13FN2O4/c12-7-1-2-8(11(16)17)9(5-7)14-10(15)6-18-4-3-13/h1-2,5H,3-4,6,13H2,(H,14,15)(H,16,17). The number of benzene rings is 1. The molecule has 6 nitrogen and oxygen atoms in total. The van der Waals surface area contributed by atoms with Crippen LogP contribution in [0.3, 0.4) is 0 Å². The molecule has 1 aromatic rings. The topological polar surface area (TPSA) is 102 Å². The van der Waals surface area contributed by atoms with E-state index in [1.54, 1.807) is 0 Å². The minimum atomic E-state index is -1.26. The number of carbonyl (C=O) groups is 2. The number of amides is 1. The maximum atomic E-state index is 13.0. The summed E-state index contributed by atoms with van der Waals surface area (Å²) in [5, 5.41) is 11.1. The molecule has 18 heavy (non-hydrogen) atoms. The molecular formula is C11H13FN2O4. The molecule has 98 valence electrons. The van der Waals surface area contributed by atoms with E-state index in [1.807, 2.05) is 0 Å². The Morgan fingerprint density at radius 2 is 2.17 bits per heavy atom. The summed E-state index contributed by atoms with van der Waals surface area (Å²) in [6.45, 7) is 0.211. The van der Waals surface area contributed by atoms with E-state index in [2.05, 4.69) is 5.32 Å². The van der Waals surface area contributed by atoms with Gasteiger partial charge in [0.05, 0.1) is 17.9 Å². The molecule has 0 aromatic heterocycles. The van der Waals surface area contributed by atoms with E-state index < -0.39 is 17.7 Å². The van der Waals surface area contributed by atoms with Crippen molar-refractivity contribution in [3.05, 3.63) is 29.6 Å². The van der Waals surface area contributed by atoms with Gasteiger partial charge in [0.15, 0.2) is 0 Å². The third-order valence-corrected chi connectivity index (χ3v) is 1.98. The van der Waals surface area contributed by atoms with Crippen LogP contribution in [0.25, 0.3) is 0 Å². The van der Waals surface area contributed by atoms with Gasteiger partial charge in [0.25, 0.3) is 0 Å². The molecule has 7 heteroatoms. The highest BCUT2D eigenvalue weighted by Crippen LogP contribution is 2.17. The van der Waals surface area contributed by atoms with Gasteiger partial charge < -0.3 is 20.9 Å². The minimum absolute atomic E-state index is 0.108. The first-order chi connectivity index (χ1) is 8.54. The Kier molecular flexibility index (Phi) is 5.22. The molecule has 0 fully saturated rings. The average Bonchev–Trinajstić information content (AvgIpc) is 2.29. The third-order valence-electron chi connectivity index (χ3n) is 1.98. The molecule has 1 amide bonds. The van der Waals surface area contributed by atoms with Crippen molar-refractivity contribution in [3.63, 3.8) is 0 Å². The van der Waals surface area contributed by atoms with Gasteiger partial charge in [-0.15, -0.1) is 0 Å². The number of nitrogens with one attached hydrogen (secondary N) is 1. The summed E-state index contributed by atoms with van der Waals surface area (Å²) in [5.74, 6) is -2.47. The van der Waals surface area contributed by atoms with Crippen LogP contribution in [0.2, 0.25) is 0 Å².